The Bertz CT molecular complexity index is 3170. The maximum absolute atomic E-state index is 5.82. The van der Waals surface area contributed by atoms with Gasteiger partial charge < -0.3 is 29.5 Å². The predicted octanol–water partition coefficient (Wildman–Crippen LogP) is 26.2. The molecule has 0 fully saturated rings. The molecule has 0 saturated carbocycles. The molecule has 0 unspecified atom stereocenters. The third-order valence-electron chi connectivity index (χ3n) is 16.2. The summed E-state index contributed by atoms with van der Waals surface area (Å²) >= 11 is -1.67. The number of unbranched alkanes of at least 4 members (excludes halogenated alkanes) is 9. The van der Waals surface area contributed by atoms with Crippen LogP contribution in [-0.4, -0.2) is 71.7 Å². The van der Waals surface area contributed by atoms with Crippen molar-refractivity contribution in [2.24, 2.45) is 0 Å². The Morgan fingerprint density at radius 1 is 0.427 bits per heavy atom. The van der Waals surface area contributed by atoms with Crippen LogP contribution in [0.1, 0.15) is 208 Å². The van der Waals surface area contributed by atoms with Gasteiger partial charge in [-0.1, -0.05) is 214 Å². The van der Waals surface area contributed by atoms with E-state index < -0.39 is 67.6 Å². The zero-order valence-corrected chi connectivity index (χ0v) is 73.2. The molecule has 17 heteroatoms. The molecule has 0 spiro atoms. The molecule has 536 valence electrons. The number of benzene rings is 4. The molecule has 0 bridgehead atoms. The van der Waals surface area contributed by atoms with Gasteiger partial charge in [-0.25, -0.2) is 0 Å². The molecular weight excluding hydrogens is 1450 g/mol. The fraction of sp³-hybridized carbons (Fsp3) is 0.557. The van der Waals surface area contributed by atoms with Gasteiger partial charge in [-0.05, 0) is 88.0 Å². The van der Waals surface area contributed by atoms with E-state index in [2.05, 4.69) is 251 Å². The SMILES string of the molecule is C=CCC[N-][Si](C)(C)[c-]1cc(CCCCCCOC(C)(C)C)c2ccccc21.CC(C)(C)OCCCCCC[N-][Si](C)(C)[c-]1cc(Cc2ccccc2)c2ccccc21.CC(C)(C)[N-]C(C)(C)[c-]1cc(CCCCCCOC(C)(C)C)c2ccccc21.[Cl][Ti][Cl].[Cl][Ti][Cl].[Cl][Ti][Cl]. The summed E-state index contributed by atoms with van der Waals surface area (Å²) in [5, 5.41) is 16.6. The molecule has 0 radical (unpaired) electrons. The third kappa shape index (κ3) is 37.8. The molecule has 0 N–H and O–H groups in total. The molecule has 0 aliphatic heterocycles. The van der Waals surface area contributed by atoms with Gasteiger partial charge in [0.15, 0.2) is 0 Å². The Labute approximate surface area is 637 Å². The summed E-state index contributed by atoms with van der Waals surface area (Å²) < 4.78 is 17.5. The summed E-state index contributed by atoms with van der Waals surface area (Å²) in [5.41, 5.74) is 6.89. The van der Waals surface area contributed by atoms with Crippen LogP contribution in [0.4, 0.5) is 0 Å². The molecular formula is C79H119Cl6N3O3Si2Ti3-6. The molecule has 0 aliphatic carbocycles. The van der Waals surface area contributed by atoms with Gasteiger partial charge >= 0.3 is 107 Å². The fourth-order valence-corrected chi connectivity index (χ4v) is 16.5. The van der Waals surface area contributed by atoms with Gasteiger partial charge in [0.25, 0.3) is 0 Å². The van der Waals surface area contributed by atoms with Crippen LogP contribution in [0.15, 0.2) is 134 Å². The van der Waals surface area contributed by atoms with Gasteiger partial charge in [-0.3, -0.25) is 0 Å². The van der Waals surface area contributed by atoms with E-state index in [0.717, 1.165) is 77.9 Å². The zero-order valence-electron chi connectivity index (χ0n) is 62.0. The van der Waals surface area contributed by atoms with Crippen LogP contribution in [0.2, 0.25) is 26.2 Å². The van der Waals surface area contributed by atoms with Gasteiger partial charge in [0.1, 0.15) is 0 Å². The quantitative estimate of drug-likeness (QED) is 0.0183. The van der Waals surface area contributed by atoms with Crippen LogP contribution in [0.25, 0.3) is 47.6 Å². The summed E-state index contributed by atoms with van der Waals surface area (Å²) in [6.45, 7) is 48.0. The molecule has 6 nitrogen and oxygen atoms in total. The minimum absolute atomic E-state index is 0.0159. The van der Waals surface area contributed by atoms with Crippen LogP contribution in [-0.2, 0) is 90.1 Å². The molecule has 0 saturated heterocycles. The minimum atomic E-state index is -1.84. The third-order valence-corrected chi connectivity index (χ3v) is 21.7. The fourth-order valence-electron chi connectivity index (χ4n) is 12.0. The number of nitrogens with zero attached hydrogens (tertiary/aromatic N) is 3. The van der Waals surface area contributed by atoms with Gasteiger partial charge in [-0.15, -0.1) is 118 Å². The van der Waals surface area contributed by atoms with Crippen LogP contribution >= 0.6 is 55.8 Å². The van der Waals surface area contributed by atoms with Crippen LogP contribution in [0.5, 0.6) is 0 Å². The number of rotatable bonds is 32. The first-order valence-electron chi connectivity index (χ1n) is 34.7. The Kier molecular flexibility index (Phi) is 45.6. The summed E-state index contributed by atoms with van der Waals surface area (Å²) in [5.74, 6) is 0. The van der Waals surface area contributed by atoms with Crippen molar-refractivity contribution in [3.63, 3.8) is 0 Å². The van der Waals surface area contributed by atoms with Crippen LogP contribution in [0, 0.1) is 0 Å². The molecule has 0 heterocycles. The van der Waals surface area contributed by atoms with Gasteiger partial charge in [0.2, 0.25) is 0 Å². The van der Waals surface area contributed by atoms with E-state index in [4.69, 9.17) is 85.3 Å². The van der Waals surface area contributed by atoms with E-state index in [1.165, 1.54) is 128 Å². The van der Waals surface area contributed by atoms with Crippen molar-refractivity contribution in [2.75, 3.05) is 32.9 Å². The molecule has 7 rings (SSSR count). The van der Waals surface area contributed by atoms with E-state index >= 15 is 0 Å². The van der Waals surface area contributed by atoms with E-state index in [9.17, 15) is 0 Å². The summed E-state index contributed by atoms with van der Waals surface area (Å²) in [4.78, 5) is 10.3. The number of hydrogen-bond donors (Lipinski definition) is 0. The Balaban J connectivity index is 0.000000461. The van der Waals surface area contributed by atoms with Crippen LogP contribution < -0.4 is 10.4 Å². The number of fused-ring (bicyclic) bond motifs is 3. The van der Waals surface area contributed by atoms with Crippen molar-refractivity contribution in [1.82, 2.24) is 0 Å². The van der Waals surface area contributed by atoms with Crippen LogP contribution in [0.3, 0.4) is 0 Å². The van der Waals surface area contributed by atoms with Gasteiger partial charge in [0, 0.05) is 19.8 Å². The summed E-state index contributed by atoms with van der Waals surface area (Å²) in [6.07, 6.45) is 20.9. The first-order chi connectivity index (χ1) is 45.1. The average molecular weight is 1570 g/mol. The molecule has 7 aromatic carbocycles. The molecule has 0 aromatic heterocycles. The number of halogens is 6. The topological polar surface area (TPSA) is 70.0 Å². The summed E-state index contributed by atoms with van der Waals surface area (Å²) in [7, 11) is 25.7. The predicted molar refractivity (Wildman–Crippen MR) is 425 cm³/mol. The number of ether oxygens (including phenoxy) is 3. The van der Waals surface area contributed by atoms with Crippen molar-refractivity contribution in [1.29, 1.82) is 0 Å². The van der Waals surface area contributed by atoms with E-state index in [0.29, 0.717) is 0 Å². The van der Waals surface area contributed by atoms with Crippen molar-refractivity contribution in [3.8, 4) is 0 Å². The maximum atomic E-state index is 5.82. The molecule has 0 atom stereocenters. The molecule has 0 aliphatic rings. The number of hydrogen-bond acceptors (Lipinski definition) is 3. The second kappa shape index (κ2) is 47.8. The van der Waals surface area contributed by atoms with Crippen molar-refractivity contribution < 1.29 is 65.3 Å². The van der Waals surface area contributed by atoms with Crippen molar-refractivity contribution in [2.45, 2.75) is 254 Å². The van der Waals surface area contributed by atoms with Crippen molar-refractivity contribution >= 4 is 115 Å². The second-order valence-electron chi connectivity index (χ2n) is 30.2. The van der Waals surface area contributed by atoms with Crippen molar-refractivity contribution in [3.05, 3.63) is 177 Å². The standard InChI is InChI=1S/C28H39NOSi.C26H41NO.C25H39NOSi.6ClH.3Ti/c1-28(2,3)30-20-14-7-6-13-19-29-31(4,5)27-22-24(21-23-15-9-8-10-16-23)25-17-11-12-18-26(25)27;1-24(2,3)27-26(7,8)23-19-20(21-16-12-13-17-22(21)23)15-11-9-10-14-18-28-25(4,5)6;1-7-8-18-26-28(5,6)24-20-21(22-16-12-13-17-23(22)24)15-11-9-10-14-19-27-25(2,3)4;;;;;;;;;/h8-12,15-18,22H,6-7,13-14,19-21H2,1-5H3;12-13,16-17,19H,9-11,14-15,18H2,1-8H3;7,12-13,16-17,20H,1,8-11,14-15,18-19H2,2-6H3;6*1H;;;/q3*-2;;;;;;;3*+2/p-6. The van der Waals surface area contributed by atoms with Gasteiger partial charge in [0.05, 0.1) is 16.8 Å². The Morgan fingerprint density at radius 3 is 1.19 bits per heavy atom. The van der Waals surface area contributed by atoms with Gasteiger partial charge in [-0.2, -0.15) is 51.0 Å². The Hall–Kier alpha value is -0.473. The van der Waals surface area contributed by atoms with E-state index in [1.54, 1.807) is 0 Å². The monoisotopic (exact) mass is 1570 g/mol. The molecule has 0 amide bonds. The first kappa shape index (κ1) is 91.6. The molecule has 7 aromatic rings. The average Bonchev–Trinajstić information content (AvgIpc) is 1.64. The Morgan fingerprint density at radius 2 is 0.771 bits per heavy atom. The molecule has 96 heavy (non-hydrogen) atoms. The van der Waals surface area contributed by atoms with E-state index in [1.807, 2.05) is 6.08 Å². The number of aryl methyl sites for hydroxylation is 2. The normalized spacial score (nSPS) is 12.1. The van der Waals surface area contributed by atoms with E-state index in [-0.39, 0.29) is 27.9 Å². The second-order valence-corrected chi connectivity index (χ2v) is 45.9. The summed E-state index contributed by atoms with van der Waals surface area (Å²) in [6, 6.07) is 44.8. The first-order valence-corrected chi connectivity index (χ1v) is 53.5. The zero-order chi connectivity index (χ0) is 72.1.